The van der Waals surface area contributed by atoms with E-state index in [1.54, 1.807) is 0 Å². The maximum atomic E-state index is 12.9. The highest BCUT2D eigenvalue weighted by Crippen LogP contribution is 2.60. The van der Waals surface area contributed by atoms with Gasteiger partial charge in [0.1, 0.15) is 30.7 Å². The number of epoxide rings is 1. The highest BCUT2D eigenvalue weighted by Gasteiger charge is 2.46. The molecule has 402 valence electrons. The first-order valence-electron chi connectivity index (χ1n) is 25.4. The molecule has 21 heteroatoms. The number of unbranched alkanes of at least 4 members (excludes halogenated alkanes) is 11. The molecule has 6 N–H and O–H groups in total. The lowest BCUT2D eigenvalue weighted by Crippen LogP contribution is -2.36. The third-order valence-corrected chi connectivity index (χ3v) is 14.1. The number of nitrogens with two attached hydrogens (primary N) is 1. The van der Waals surface area contributed by atoms with Crippen molar-refractivity contribution in [1.29, 1.82) is 0 Å². The normalized spacial score (nSPS) is 22.5. The zero-order valence-electron chi connectivity index (χ0n) is 41.7. The third kappa shape index (κ3) is 27.9. The summed E-state index contributed by atoms with van der Waals surface area (Å²) in [6.45, 7) is 2.02. The molecule has 9 atom stereocenters. The number of nitrogens with zero attached hydrogens (tertiary/aromatic N) is 2. The van der Waals surface area contributed by atoms with Crippen LogP contribution in [0.1, 0.15) is 161 Å². The van der Waals surface area contributed by atoms with Gasteiger partial charge in [0.2, 0.25) is 0 Å². The minimum atomic E-state index is -5.44. The summed E-state index contributed by atoms with van der Waals surface area (Å²) in [6.07, 6.45) is 34.8. The molecule has 0 bridgehead atoms. The summed E-state index contributed by atoms with van der Waals surface area (Å²) < 4.78 is 62.5. The van der Waals surface area contributed by atoms with E-state index in [2.05, 4.69) is 71.8 Å². The standard InChI is InChI=1S/C50H81N3O16P2/c1-3-5-7-8-9-10-11-12-13-14-15-16-17-18-22-25-29-33-45(54)63-37-40(66-46(55)34-30-26-23-20-19-21-24-28-32-42-41(67-42)31-27-6-4-2)38-64-70(59,60)69-71(61,62)65-39-43-47(56)48(57)49(68-43)53-36-35-44(51)52-50(53)58/h9-10,12-13,15-16,18,22,24,28,35-36,40-43,47-49,56-57H,3-8,11,14,17,19-21,23,25-27,29-34,37-39H2,1-2H3,(H,59,60)(H,61,62)(H2,51,52,58)/b10-9-,13-12-,16-15-,22-18-,28-24-/t40-,41?,42?,43-,47-,48-,49-/m1/s1. The summed E-state index contributed by atoms with van der Waals surface area (Å²) in [7, 11) is -10.9. The number of carbonyl (C=O) groups excluding carboxylic acids is 2. The van der Waals surface area contributed by atoms with Crippen LogP contribution in [0.5, 0.6) is 0 Å². The maximum Gasteiger partial charge on any atom is 0.481 e. The number of aliphatic hydroxyl groups excluding tert-OH is 2. The van der Waals surface area contributed by atoms with E-state index in [1.807, 2.05) is 12.2 Å². The van der Waals surface area contributed by atoms with Gasteiger partial charge >= 0.3 is 33.3 Å². The molecule has 2 aliphatic heterocycles. The van der Waals surface area contributed by atoms with Gasteiger partial charge < -0.3 is 44.7 Å². The average Bonchev–Trinajstić information content (AvgIpc) is 4.02. The second-order valence-electron chi connectivity index (χ2n) is 17.7. The highest BCUT2D eigenvalue weighted by molar-refractivity contribution is 7.61. The van der Waals surface area contributed by atoms with Crippen LogP contribution in [0.2, 0.25) is 0 Å². The van der Waals surface area contributed by atoms with E-state index in [-0.39, 0.29) is 18.7 Å². The third-order valence-electron chi connectivity index (χ3n) is 11.5. The molecule has 0 amide bonds. The molecule has 19 nitrogen and oxygen atoms in total. The number of carbonyl (C=O) groups is 2. The van der Waals surface area contributed by atoms with E-state index in [0.717, 1.165) is 81.4 Å². The molecule has 2 aliphatic rings. The van der Waals surface area contributed by atoms with Crippen molar-refractivity contribution in [3.8, 4) is 0 Å². The van der Waals surface area contributed by atoms with Crippen LogP contribution < -0.4 is 11.4 Å². The van der Waals surface area contributed by atoms with E-state index >= 15 is 0 Å². The molecule has 4 unspecified atom stereocenters. The van der Waals surface area contributed by atoms with E-state index in [9.17, 15) is 43.5 Å². The number of anilines is 1. The smallest absolute Gasteiger partial charge is 0.462 e. The van der Waals surface area contributed by atoms with E-state index in [4.69, 9.17) is 33.7 Å². The number of aromatic nitrogens is 2. The fourth-order valence-corrected chi connectivity index (χ4v) is 9.54. The van der Waals surface area contributed by atoms with Crippen molar-refractivity contribution in [2.75, 3.05) is 25.6 Å². The number of allylic oxidation sites excluding steroid dienone is 9. The van der Waals surface area contributed by atoms with Gasteiger partial charge in [0.05, 0.1) is 25.4 Å². The second-order valence-corrected chi connectivity index (χ2v) is 20.7. The van der Waals surface area contributed by atoms with Crippen LogP contribution in [-0.4, -0.2) is 97.9 Å². The molecule has 1 aromatic rings. The Labute approximate surface area is 419 Å². The Morgan fingerprint density at radius 1 is 0.704 bits per heavy atom. The maximum absolute atomic E-state index is 12.9. The summed E-state index contributed by atoms with van der Waals surface area (Å²) in [5.74, 6) is -1.39. The van der Waals surface area contributed by atoms with Crippen molar-refractivity contribution in [2.24, 2.45) is 0 Å². The minimum Gasteiger partial charge on any atom is -0.462 e. The number of esters is 2. The van der Waals surface area contributed by atoms with Crippen molar-refractivity contribution in [2.45, 2.75) is 198 Å². The molecule has 0 spiro atoms. The summed E-state index contributed by atoms with van der Waals surface area (Å²) in [6, 6.07) is 1.24. The lowest BCUT2D eigenvalue weighted by Gasteiger charge is -2.21. The van der Waals surface area contributed by atoms with Crippen molar-refractivity contribution >= 4 is 33.4 Å². The van der Waals surface area contributed by atoms with Crippen LogP contribution in [-0.2, 0) is 51.0 Å². The molecule has 0 radical (unpaired) electrons. The Morgan fingerprint density at radius 2 is 1.28 bits per heavy atom. The predicted molar refractivity (Wildman–Crippen MR) is 270 cm³/mol. The first-order chi connectivity index (χ1) is 34.1. The lowest BCUT2D eigenvalue weighted by atomic mass is 10.1. The molecule has 3 rings (SSSR count). The topological polar surface area (TPSA) is 278 Å². The Balaban J connectivity index is 1.42. The van der Waals surface area contributed by atoms with Gasteiger partial charge in [0.15, 0.2) is 12.3 Å². The lowest BCUT2D eigenvalue weighted by molar-refractivity contribution is -0.161. The second kappa shape index (κ2) is 35.6. The summed E-state index contributed by atoms with van der Waals surface area (Å²) >= 11 is 0. The number of ether oxygens (including phenoxy) is 4. The number of phosphoric acid groups is 2. The van der Waals surface area contributed by atoms with Gasteiger partial charge in [-0.05, 0) is 83.1 Å². The number of nitrogen functional groups attached to an aromatic ring is 1. The van der Waals surface area contributed by atoms with Gasteiger partial charge in [0.25, 0.3) is 0 Å². The molecular weight excluding hydrogens is 961 g/mol. The Morgan fingerprint density at radius 3 is 1.96 bits per heavy atom. The zero-order valence-corrected chi connectivity index (χ0v) is 43.5. The van der Waals surface area contributed by atoms with Gasteiger partial charge in [-0.2, -0.15) is 9.29 Å². The molecule has 0 aliphatic carbocycles. The zero-order chi connectivity index (χ0) is 51.7. The van der Waals surface area contributed by atoms with Crippen LogP contribution in [0.15, 0.2) is 77.8 Å². The van der Waals surface area contributed by atoms with Gasteiger partial charge in [-0.3, -0.25) is 23.2 Å². The minimum absolute atomic E-state index is 0.0152. The monoisotopic (exact) mass is 1040 g/mol. The Kier molecular flexibility index (Phi) is 30.9. The number of aliphatic hydroxyl groups is 2. The number of phosphoric ester groups is 2. The molecule has 3 heterocycles. The van der Waals surface area contributed by atoms with Crippen molar-refractivity contribution in [3.05, 3.63) is 83.5 Å². The van der Waals surface area contributed by atoms with Crippen molar-refractivity contribution in [3.63, 3.8) is 0 Å². The SMILES string of the molecule is CCCCC/C=C\C/C=C\C/C=C\C/C=C\CCCC(=O)OC[C@H](COP(=O)(O)OP(=O)(O)OC[C@H]1O[C@@H](n2ccc(N)nc2=O)[C@H](O)[C@@H]1O)OC(=O)CCCCCCC/C=C\CC1OC1CCCCC. The first-order valence-corrected chi connectivity index (χ1v) is 28.4. The predicted octanol–water partition coefficient (Wildman–Crippen LogP) is 9.32. The van der Waals surface area contributed by atoms with Gasteiger partial charge in [-0.1, -0.05) is 126 Å². The molecule has 71 heavy (non-hydrogen) atoms. The number of hydrogen-bond acceptors (Lipinski definition) is 16. The van der Waals surface area contributed by atoms with Crippen LogP contribution >= 0.6 is 15.6 Å². The van der Waals surface area contributed by atoms with Gasteiger partial charge in [0, 0.05) is 19.0 Å². The van der Waals surface area contributed by atoms with E-state index in [0.29, 0.717) is 31.5 Å². The largest absolute Gasteiger partial charge is 0.481 e. The molecule has 2 fully saturated rings. The van der Waals surface area contributed by atoms with Gasteiger partial charge in [-0.15, -0.1) is 0 Å². The average molecular weight is 1040 g/mol. The fraction of sp³-hybridized carbons (Fsp3) is 0.680. The van der Waals surface area contributed by atoms with Crippen LogP contribution in [0.4, 0.5) is 5.82 Å². The van der Waals surface area contributed by atoms with Crippen molar-refractivity contribution < 1.29 is 71.0 Å². The molecule has 0 aromatic carbocycles. The molecular formula is C50H81N3O16P2. The molecule has 1 aromatic heterocycles. The van der Waals surface area contributed by atoms with E-state index in [1.165, 1.54) is 44.6 Å². The summed E-state index contributed by atoms with van der Waals surface area (Å²) in [5.41, 5.74) is 4.58. The highest BCUT2D eigenvalue weighted by atomic mass is 31.3. The summed E-state index contributed by atoms with van der Waals surface area (Å²) in [4.78, 5) is 61.9. The molecule has 0 saturated carbocycles. The fourth-order valence-electron chi connectivity index (χ4n) is 7.43. The molecule has 2 saturated heterocycles. The van der Waals surface area contributed by atoms with Crippen LogP contribution in [0.25, 0.3) is 0 Å². The Hall–Kier alpha value is -3.58. The number of rotatable bonds is 40. The Bertz CT molecular complexity index is 1990. The van der Waals surface area contributed by atoms with Crippen LogP contribution in [0.3, 0.4) is 0 Å². The van der Waals surface area contributed by atoms with Gasteiger partial charge in [-0.25, -0.2) is 13.9 Å². The quantitative estimate of drug-likeness (QED) is 0.0135. The number of hydrogen-bond donors (Lipinski definition) is 5. The first kappa shape index (κ1) is 61.7. The summed E-state index contributed by atoms with van der Waals surface area (Å²) in [5, 5.41) is 20.9. The van der Waals surface area contributed by atoms with Crippen LogP contribution in [0, 0.1) is 0 Å². The van der Waals surface area contributed by atoms with Crippen molar-refractivity contribution in [1.82, 2.24) is 9.55 Å². The van der Waals surface area contributed by atoms with E-state index < -0.39 is 83.7 Å².